The van der Waals surface area contributed by atoms with Crippen LogP contribution < -0.4 is 0 Å². The lowest BCUT2D eigenvalue weighted by molar-refractivity contribution is 0.0954. The largest absolute Gasteiger partial charge is 0.507 e. The zero-order valence-corrected chi connectivity index (χ0v) is 22.2. The number of phenols is 3. The van der Waals surface area contributed by atoms with E-state index in [0.29, 0.717) is 42.7 Å². The molecule has 4 N–H and O–H groups in total. The van der Waals surface area contributed by atoms with Crippen LogP contribution in [0.4, 0.5) is 0 Å². The second-order valence-corrected chi connectivity index (χ2v) is 12.3. The van der Waals surface area contributed by atoms with Crippen molar-refractivity contribution in [1.82, 2.24) is 0 Å². The lowest BCUT2D eigenvalue weighted by Gasteiger charge is -2.44. The molecular formula is C29H44O6. The van der Waals surface area contributed by atoms with Crippen LogP contribution in [0.5, 0.6) is 17.2 Å². The Labute approximate surface area is 209 Å². The molecule has 1 aromatic carbocycles. The van der Waals surface area contributed by atoms with E-state index in [9.17, 15) is 30.0 Å². The van der Waals surface area contributed by atoms with Crippen LogP contribution in [0.25, 0.3) is 0 Å². The van der Waals surface area contributed by atoms with Crippen molar-refractivity contribution in [3.63, 3.8) is 0 Å². The van der Waals surface area contributed by atoms with Crippen molar-refractivity contribution in [1.29, 1.82) is 0 Å². The first-order valence-corrected chi connectivity index (χ1v) is 13.2. The van der Waals surface area contributed by atoms with Crippen molar-refractivity contribution in [3.8, 4) is 17.2 Å². The molecule has 1 aromatic rings. The predicted octanol–water partition coefficient (Wildman–Crippen LogP) is 6.05. The molecule has 2 saturated carbocycles. The standard InChI is InChI=1S/C29H44O6/c1-7-17-10-11-29(6,23(17)24-20(9-8-12-30)28(24,4)5)21(13-16(2)3)22-26(34)18(14-31)25(33)19(15-32)27(22)35/h14-17,20-21,23-24,30,33-35H,7-13H2,1-6H3/t17-,20?,21?,23+,24?,29?/m1/s1. The van der Waals surface area contributed by atoms with Gasteiger partial charge in [0, 0.05) is 12.2 Å². The molecule has 3 rings (SSSR count). The number of aldehydes is 2. The summed E-state index contributed by atoms with van der Waals surface area (Å²) in [6, 6.07) is 0. The fourth-order valence-corrected chi connectivity index (χ4v) is 7.82. The number of aliphatic hydroxyl groups excluding tert-OH is 1. The average Bonchev–Trinajstić information content (AvgIpc) is 3.14. The van der Waals surface area contributed by atoms with Crippen LogP contribution in [0, 0.1) is 40.4 Å². The molecule has 6 atom stereocenters. The molecule has 2 fully saturated rings. The van der Waals surface area contributed by atoms with Crippen LogP contribution in [-0.4, -0.2) is 39.6 Å². The van der Waals surface area contributed by atoms with Gasteiger partial charge < -0.3 is 20.4 Å². The molecule has 0 saturated heterocycles. The summed E-state index contributed by atoms with van der Waals surface area (Å²) in [5.74, 6) is 0.222. The van der Waals surface area contributed by atoms with Gasteiger partial charge in [0.25, 0.3) is 0 Å². The zero-order chi connectivity index (χ0) is 26.3. The van der Waals surface area contributed by atoms with Crippen LogP contribution in [0.2, 0.25) is 0 Å². The number of carbonyl (C=O) groups excluding carboxylic acids is 2. The first-order chi connectivity index (χ1) is 16.4. The summed E-state index contributed by atoms with van der Waals surface area (Å²) in [6.45, 7) is 13.5. The van der Waals surface area contributed by atoms with Gasteiger partial charge >= 0.3 is 0 Å². The van der Waals surface area contributed by atoms with Crippen LogP contribution in [-0.2, 0) is 0 Å². The van der Waals surface area contributed by atoms with Crippen molar-refractivity contribution >= 4 is 12.6 Å². The van der Waals surface area contributed by atoms with Crippen LogP contribution in [0.15, 0.2) is 0 Å². The summed E-state index contributed by atoms with van der Waals surface area (Å²) < 4.78 is 0. The molecule has 0 spiro atoms. The molecule has 6 nitrogen and oxygen atoms in total. The summed E-state index contributed by atoms with van der Waals surface area (Å²) in [7, 11) is 0. The highest BCUT2D eigenvalue weighted by Gasteiger charge is 2.66. The molecule has 0 bridgehead atoms. The van der Waals surface area contributed by atoms with Gasteiger partial charge in [-0.05, 0) is 78.4 Å². The minimum Gasteiger partial charge on any atom is -0.507 e. The summed E-state index contributed by atoms with van der Waals surface area (Å²) >= 11 is 0. The van der Waals surface area contributed by atoms with E-state index in [-0.39, 0.29) is 46.0 Å². The van der Waals surface area contributed by atoms with E-state index in [4.69, 9.17) is 0 Å². The summed E-state index contributed by atoms with van der Waals surface area (Å²) in [5.41, 5.74) is -0.608. The van der Waals surface area contributed by atoms with E-state index in [0.717, 1.165) is 32.1 Å². The Balaban J connectivity index is 2.21. The summed E-state index contributed by atoms with van der Waals surface area (Å²) in [5, 5.41) is 42.2. The molecule has 4 unspecified atom stereocenters. The Morgan fingerprint density at radius 1 is 0.971 bits per heavy atom. The van der Waals surface area contributed by atoms with E-state index >= 15 is 0 Å². The molecule has 0 radical (unpaired) electrons. The van der Waals surface area contributed by atoms with Crippen molar-refractivity contribution in [2.24, 2.45) is 40.4 Å². The fraction of sp³-hybridized carbons (Fsp3) is 0.724. The first-order valence-electron chi connectivity index (χ1n) is 13.2. The third kappa shape index (κ3) is 4.47. The highest BCUT2D eigenvalue weighted by atomic mass is 16.3. The van der Waals surface area contributed by atoms with Gasteiger partial charge in [0.2, 0.25) is 0 Å². The van der Waals surface area contributed by atoms with Gasteiger partial charge in [0.05, 0.1) is 11.1 Å². The Morgan fingerprint density at radius 3 is 2.00 bits per heavy atom. The highest BCUT2D eigenvalue weighted by Crippen LogP contribution is 2.73. The van der Waals surface area contributed by atoms with E-state index in [1.54, 1.807) is 0 Å². The molecule has 2 aliphatic rings. The van der Waals surface area contributed by atoms with Gasteiger partial charge in [-0.15, -0.1) is 0 Å². The Bertz CT molecular complexity index is 916. The Kier molecular flexibility index (Phi) is 7.95. The van der Waals surface area contributed by atoms with E-state index < -0.39 is 17.2 Å². The Morgan fingerprint density at radius 2 is 1.54 bits per heavy atom. The maximum atomic E-state index is 11.8. The van der Waals surface area contributed by atoms with Gasteiger partial charge in [-0.1, -0.05) is 48.0 Å². The molecule has 35 heavy (non-hydrogen) atoms. The second-order valence-electron chi connectivity index (χ2n) is 12.3. The molecule has 196 valence electrons. The van der Waals surface area contributed by atoms with Crippen LogP contribution in [0.3, 0.4) is 0 Å². The van der Waals surface area contributed by atoms with Crippen LogP contribution in [0.1, 0.15) is 112 Å². The predicted molar refractivity (Wildman–Crippen MR) is 136 cm³/mol. The lowest BCUT2D eigenvalue weighted by atomic mass is 9.60. The van der Waals surface area contributed by atoms with Crippen molar-refractivity contribution in [2.75, 3.05) is 6.61 Å². The minimum absolute atomic E-state index is 0.141. The number of carbonyl (C=O) groups is 2. The number of hydrogen-bond donors (Lipinski definition) is 4. The smallest absolute Gasteiger partial charge is 0.157 e. The van der Waals surface area contributed by atoms with Crippen molar-refractivity contribution < 1.29 is 30.0 Å². The fourth-order valence-electron chi connectivity index (χ4n) is 7.82. The first kappa shape index (κ1) is 27.5. The van der Waals surface area contributed by atoms with Crippen molar-refractivity contribution in [2.45, 2.75) is 86.0 Å². The molecule has 0 amide bonds. The molecule has 0 aromatic heterocycles. The van der Waals surface area contributed by atoms with Gasteiger partial charge in [-0.25, -0.2) is 0 Å². The SMILES string of the molecule is CC[C@@H]1CCC(C)(C(CC(C)C)c2c(O)c(C=O)c(O)c(C=O)c2O)[C@@H]1C1C(CCCO)C1(C)C. The second kappa shape index (κ2) is 10.1. The number of aromatic hydroxyl groups is 3. The molecular weight excluding hydrogens is 444 g/mol. The number of aliphatic hydroxyl groups is 1. The van der Waals surface area contributed by atoms with Gasteiger partial charge in [-0.3, -0.25) is 9.59 Å². The van der Waals surface area contributed by atoms with E-state index in [1.807, 2.05) is 0 Å². The number of phenolic OH excluding ortho intramolecular Hbond substituents is 3. The van der Waals surface area contributed by atoms with Gasteiger partial charge in [0.15, 0.2) is 12.6 Å². The van der Waals surface area contributed by atoms with Gasteiger partial charge in [0.1, 0.15) is 17.2 Å². The monoisotopic (exact) mass is 488 g/mol. The number of rotatable bonds is 11. The molecule has 6 heteroatoms. The quantitative estimate of drug-likeness (QED) is 0.282. The highest BCUT2D eigenvalue weighted by molar-refractivity contribution is 5.95. The van der Waals surface area contributed by atoms with Crippen molar-refractivity contribution in [3.05, 3.63) is 16.7 Å². The van der Waals surface area contributed by atoms with Gasteiger partial charge in [-0.2, -0.15) is 0 Å². The summed E-state index contributed by atoms with van der Waals surface area (Å²) in [6.07, 6.45) is 6.14. The average molecular weight is 489 g/mol. The Hall–Kier alpha value is -2.08. The minimum atomic E-state index is -0.677. The third-order valence-corrected chi connectivity index (χ3v) is 9.66. The number of hydrogen-bond acceptors (Lipinski definition) is 6. The van der Waals surface area contributed by atoms with E-state index in [2.05, 4.69) is 41.5 Å². The maximum Gasteiger partial charge on any atom is 0.157 e. The topological polar surface area (TPSA) is 115 Å². The number of benzene rings is 1. The normalized spacial score (nSPS) is 30.4. The van der Waals surface area contributed by atoms with Crippen LogP contribution >= 0.6 is 0 Å². The third-order valence-electron chi connectivity index (χ3n) is 9.66. The van der Waals surface area contributed by atoms with E-state index in [1.165, 1.54) is 0 Å². The molecule has 2 aliphatic carbocycles. The maximum absolute atomic E-state index is 11.8. The summed E-state index contributed by atoms with van der Waals surface area (Å²) in [4.78, 5) is 23.6. The molecule has 0 aliphatic heterocycles. The lowest BCUT2D eigenvalue weighted by Crippen LogP contribution is -2.35. The molecule has 0 heterocycles. The zero-order valence-electron chi connectivity index (χ0n) is 22.2.